The number of nitrogens with zero attached hydrogens (tertiary/aromatic N) is 2. The summed E-state index contributed by atoms with van der Waals surface area (Å²) in [6, 6.07) is 0. The van der Waals surface area contributed by atoms with E-state index in [1.165, 1.54) is 14.2 Å². The Kier molecular flexibility index (Phi) is 5.20. The molecule has 1 aliphatic heterocycles. The molecule has 1 aliphatic rings. The molecule has 0 aromatic heterocycles. The van der Waals surface area contributed by atoms with E-state index in [-0.39, 0.29) is 37.5 Å². The minimum atomic E-state index is -1.04. The van der Waals surface area contributed by atoms with Gasteiger partial charge in [0.25, 0.3) is 5.91 Å². The van der Waals surface area contributed by atoms with Crippen molar-refractivity contribution in [1.82, 2.24) is 10.3 Å². The van der Waals surface area contributed by atoms with Crippen molar-refractivity contribution in [3.05, 3.63) is 0 Å². The SMILES string of the molecule is COCC(C)(CC(=O)O)NC(=O)C1=NN(C)C(=O)CC1. The van der Waals surface area contributed by atoms with Crippen LogP contribution < -0.4 is 5.32 Å². The van der Waals surface area contributed by atoms with Crippen molar-refractivity contribution in [1.29, 1.82) is 0 Å². The van der Waals surface area contributed by atoms with Crippen LogP contribution in [0, 0.1) is 0 Å². The van der Waals surface area contributed by atoms with Gasteiger partial charge in [-0.1, -0.05) is 0 Å². The number of amides is 2. The molecule has 8 heteroatoms. The fourth-order valence-electron chi connectivity index (χ4n) is 1.96. The molecule has 8 nitrogen and oxygen atoms in total. The van der Waals surface area contributed by atoms with Crippen molar-refractivity contribution in [2.24, 2.45) is 5.10 Å². The molecule has 1 rings (SSSR count). The quantitative estimate of drug-likeness (QED) is 0.689. The molecular weight excluding hydrogens is 266 g/mol. The number of rotatable bonds is 6. The lowest BCUT2D eigenvalue weighted by atomic mass is 9.98. The van der Waals surface area contributed by atoms with E-state index in [0.717, 1.165) is 5.01 Å². The van der Waals surface area contributed by atoms with E-state index in [0.29, 0.717) is 0 Å². The monoisotopic (exact) mass is 285 g/mol. The van der Waals surface area contributed by atoms with Crippen LogP contribution in [0.5, 0.6) is 0 Å². The largest absolute Gasteiger partial charge is 0.481 e. The zero-order valence-corrected chi connectivity index (χ0v) is 11.8. The summed E-state index contributed by atoms with van der Waals surface area (Å²) in [5.74, 6) is -1.68. The second-order valence-corrected chi connectivity index (χ2v) is 4.98. The molecule has 1 unspecified atom stereocenters. The number of carboxylic acids is 1. The zero-order valence-electron chi connectivity index (χ0n) is 11.8. The Morgan fingerprint density at radius 2 is 2.15 bits per heavy atom. The average Bonchev–Trinajstić information content (AvgIpc) is 2.31. The number of methoxy groups -OCH3 is 1. The Morgan fingerprint density at radius 1 is 1.50 bits per heavy atom. The van der Waals surface area contributed by atoms with Crippen molar-refractivity contribution >= 4 is 23.5 Å². The van der Waals surface area contributed by atoms with Gasteiger partial charge < -0.3 is 15.2 Å². The lowest BCUT2D eigenvalue weighted by Gasteiger charge is -2.29. The lowest BCUT2D eigenvalue weighted by molar-refractivity contribution is -0.139. The van der Waals surface area contributed by atoms with Crippen molar-refractivity contribution < 1.29 is 24.2 Å². The van der Waals surface area contributed by atoms with Gasteiger partial charge in [-0.05, 0) is 6.92 Å². The molecule has 0 bridgehead atoms. The Labute approximate surface area is 116 Å². The third-order valence-electron chi connectivity index (χ3n) is 2.89. The van der Waals surface area contributed by atoms with Gasteiger partial charge in [-0.3, -0.25) is 14.4 Å². The lowest BCUT2D eigenvalue weighted by Crippen LogP contribution is -2.53. The highest BCUT2D eigenvalue weighted by Crippen LogP contribution is 2.13. The number of carbonyl (C=O) groups is 3. The van der Waals surface area contributed by atoms with Crippen LogP contribution in [0.4, 0.5) is 0 Å². The number of carbonyl (C=O) groups excluding carboxylic acids is 2. The standard InChI is InChI=1S/C12H19N3O5/c1-12(7-20-3,6-10(17)18)13-11(19)8-4-5-9(16)15(2)14-8/h4-7H2,1-3H3,(H,13,19)(H,17,18). The Balaban J connectivity index is 2.78. The van der Waals surface area contributed by atoms with Crippen molar-refractivity contribution in [3.8, 4) is 0 Å². The minimum Gasteiger partial charge on any atom is -0.481 e. The van der Waals surface area contributed by atoms with E-state index in [4.69, 9.17) is 9.84 Å². The van der Waals surface area contributed by atoms with Gasteiger partial charge in [0, 0.05) is 27.0 Å². The predicted molar refractivity (Wildman–Crippen MR) is 70.1 cm³/mol. The molecule has 0 aliphatic carbocycles. The van der Waals surface area contributed by atoms with Crippen LogP contribution in [0.25, 0.3) is 0 Å². The molecule has 1 heterocycles. The van der Waals surface area contributed by atoms with E-state index >= 15 is 0 Å². The van der Waals surface area contributed by atoms with E-state index in [9.17, 15) is 14.4 Å². The minimum absolute atomic E-state index is 0.0626. The third-order valence-corrected chi connectivity index (χ3v) is 2.89. The maximum Gasteiger partial charge on any atom is 0.305 e. The number of carboxylic acid groups (broad SMARTS) is 1. The summed E-state index contributed by atoms with van der Waals surface area (Å²) in [6.07, 6.45) is 0.183. The maximum absolute atomic E-state index is 12.1. The van der Waals surface area contributed by atoms with Crippen LogP contribution >= 0.6 is 0 Å². The highest BCUT2D eigenvalue weighted by atomic mass is 16.5. The van der Waals surface area contributed by atoms with Gasteiger partial charge in [0.05, 0.1) is 18.6 Å². The molecule has 0 fully saturated rings. The summed E-state index contributed by atoms with van der Waals surface area (Å²) in [5, 5.41) is 16.5. The summed E-state index contributed by atoms with van der Waals surface area (Å²) in [4.78, 5) is 34.2. The van der Waals surface area contributed by atoms with Gasteiger partial charge in [0.1, 0.15) is 5.71 Å². The second kappa shape index (κ2) is 6.47. The highest BCUT2D eigenvalue weighted by molar-refractivity contribution is 6.39. The first-order chi connectivity index (χ1) is 9.27. The maximum atomic E-state index is 12.1. The molecule has 0 radical (unpaired) electrons. The van der Waals surface area contributed by atoms with E-state index in [1.807, 2.05) is 0 Å². The van der Waals surface area contributed by atoms with Crippen molar-refractivity contribution in [3.63, 3.8) is 0 Å². The van der Waals surface area contributed by atoms with Crippen LogP contribution in [-0.4, -0.2) is 59.9 Å². The van der Waals surface area contributed by atoms with Gasteiger partial charge in [-0.25, -0.2) is 5.01 Å². The van der Waals surface area contributed by atoms with E-state index < -0.39 is 17.4 Å². The number of nitrogens with one attached hydrogen (secondary N) is 1. The molecule has 0 saturated heterocycles. The van der Waals surface area contributed by atoms with Crippen LogP contribution in [-0.2, 0) is 19.1 Å². The van der Waals surface area contributed by atoms with Crippen LogP contribution in [0.15, 0.2) is 5.10 Å². The topological polar surface area (TPSA) is 108 Å². The molecule has 0 aromatic carbocycles. The van der Waals surface area contributed by atoms with Crippen LogP contribution in [0.1, 0.15) is 26.2 Å². The molecule has 2 amide bonds. The Morgan fingerprint density at radius 3 is 2.65 bits per heavy atom. The number of ether oxygens (including phenoxy) is 1. The summed E-state index contributed by atoms with van der Waals surface area (Å²) in [5.41, 5.74) is -0.819. The number of hydrogen-bond acceptors (Lipinski definition) is 5. The van der Waals surface area contributed by atoms with Crippen LogP contribution in [0.2, 0.25) is 0 Å². The summed E-state index contributed by atoms with van der Waals surface area (Å²) in [7, 11) is 2.90. The molecular formula is C12H19N3O5. The summed E-state index contributed by atoms with van der Waals surface area (Å²) < 4.78 is 4.95. The molecule has 0 saturated carbocycles. The second-order valence-electron chi connectivity index (χ2n) is 4.98. The fourth-order valence-corrected chi connectivity index (χ4v) is 1.96. The number of hydrazone groups is 1. The van der Waals surface area contributed by atoms with E-state index in [2.05, 4.69) is 10.4 Å². The molecule has 0 spiro atoms. The van der Waals surface area contributed by atoms with Gasteiger partial charge in [0.15, 0.2) is 0 Å². The van der Waals surface area contributed by atoms with Crippen LogP contribution in [0.3, 0.4) is 0 Å². The third kappa shape index (κ3) is 4.30. The molecule has 1 atom stereocenters. The average molecular weight is 285 g/mol. The summed E-state index contributed by atoms with van der Waals surface area (Å²) >= 11 is 0. The summed E-state index contributed by atoms with van der Waals surface area (Å²) in [6.45, 7) is 1.65. The van der Waals surface area contributed by atoms with E-state index in [1.54, 1.807) is 6.92 Å². The molecule has 0 aromatic rings. The highest BCUT2D eigenvalue weighted by Gasteiger charge is 2.32. The van der Waals surface area contributed by atoms with Crippen molar-refractivity contribution in [2.45, 2.75) is 31.7 Å². The Hall–Kier alpha value is -1.96. The molecule has 20 heavy (non-hydrogen) atoms. The fraction of sp³-hybridized carbons (Fsp3) is 0.667. The number of hydrogen-bond donors (Lipinski definition) is 2. The zero-order chi connectivity index (χ0) is 15.3. The number of aliphatic carboxylic acids is 1. The first kappa shape index (κ1) is 16.1. The molecule has 112 valence electrons. The van der Waals surface area contributed by atoms with Crippen molar-refractivity contribution in [2.75, 3.05) is 20.8 Å². The van der Waals surface area contributed by atoms with Gasteiger partial charge >= 0.3 is 5.97 Å². The van der Waals surface area contributed by atoms with Gasteiger partial charge in [-0.2, -0.15) is 5.10 Å². The smallest absolute Gasteiger partial charge is 0.305 e. The normalized spacial score (nSPS) is 18.2. The van der Waals surface area contributed by atoms with Gasteiger partial charge in [0.2, 0.25) is 5.91 Å². The molecule has 2 N–H and O–H groups in total. The Bertz CT molecular complexity index is 448. The predicted octanol–water partition coefficient (Wildman–Crippen LogP) is -0.409. The first-order valence-corrected chi connectivity index (χ1v) is 6.15. The first-order valence-electron chi connectivity index (χ1n) is 6.15. The van der Waals surface area contributed by atoms with Gasteiger partial charge in [-0.15, -0.1) is 0 Å².